The molecule has 0 unspecified atom stereocenters. The predicted molar refractivity (Wildman–Crippen MR) is 105 cm³/mol. The first kappa shape index (κ1) is 17.0. The van der Waals surface area contributed by atoms with Gasteiger partial charge < -0.3 is 15.1 Å². The molecule has 6 heteroatoms. The van der Waals surface area contributed by atoms with E-state index in [1.54, 1.807) is 0 Å². The van der Waals surface area contributed by atoms with Gasteiger partial charge in [-0.2, -0.15) is 0 Å². The van der Waals surface area contributed by atoms with E-state index in [2.05, 4.69) is 32.2 Å². The smallest absolute Gasteiger partial charge is 0.173 e. The fourth-order valence-corrected chi connectivity index (χ4v) is 3.32. The average Bonchev–Trinajstić information content (AvgIpc) is 2.57. The lowest BCUT2D eigenvalue weighted by Gasteiger charge is -2.37. The van der Waals surface area contributed by atoms with Crippen molar-refractivity contribution in [2.45, 2.75) is 13.8 Å². The second-order valence-corrected chi connectivity index (χ2v) is 6.82. The van der Waals surface area contributed by atoms with Crippen LogP contribution in [0.5, 0.6) is 0 Å². The number of nitrogens with zero attached hydrogens (tertiary/aromatic N) is 3. The average molecular weight is 361 g/mol. The number of benzene rings is 1. The van der Waals surface area contributed by atoms with Gasteiger partial charge in [0.2, 0.25) is 0 Å². The highest BCUT2D eigenvalue weighted by Crippen LogP contribution is 2.20. The molecule has 2 aromatic rings. The third-order valence-corrected chi connectivity index (χ3v) is 4.79. The Hall–Kier alpha value is -1.85. The standard InChI is InChI=1S/C18H21ClN4S/c1-13-12-15(19)6-7-16(13)21-18(24)23-10-8-22(9-11-23)17-5-3-4-14(2)20-17/h3-7,12H,8-11H2,1-2H3,(H,21,24). The molecule has 4 nitrogen and oxygen atoms in total. The van der Waals surface area contributed by atoms with Crippen molar-refractivity contribution in [3.63, 3.8) is 0 Å². The summed E-state index contributed by atoms with van der Waals surface area (Å²) in [6.07, 6.45) is 0. The maximum absolute atomic E-state index is 6.01. The molecule has 0 atom stereocenters. The highest BCUT2D eigenvalue weighted by molar-refractivity contribution is 7.80. The molecule has 1 fully saturated rings. The summed E-state index contributed by atoms with van der Waals surface area (Å²) < 4.78 is 0. The van der Waals surface area contributed by atoms with Gasteiger partial charge in [0, 0.05) is 42.6 Å². The molecule has 1 aliphatic rings. The summed E-state index contributed by atoms with van der Waals surface area (Å²) in [6.45, 7) is 7.64. The number of hydrogen-bond acceptors (Lipinski definition) is 3. The Labute approximate surface area is 153 Å². The zero-order valence-electron chi connectivity index (χ0n) is 13.9. The van der Waals surface area contributed by atoms with Crippen LogP contribution in [0.1, 0.15) is 11.3 Å². The summed E-state index contributed by atoms with van der Waals surface area (Å²) in [4.78, 5) is 9.11. The number of piperazine rings is 1. The number of hydrogen-bond donors (Lipinski definition) is 1. The molecule has 1 N–H and O–H groups in total. The van der Waals surface area contributed by atoms with E-state index >= 15 is 0 Å². The van der Waals surface area contributed by atoms with E-state index in [9.17, 15) is 0 Å². The highest BCUT2D eigenvalue weighted by Gasteiger charge is 2.20. The summed E-state index contributed by atoms with van der Waals surface area (Å²) in [6, 6.07) is 11.9. The minimum Gasteiger partial charge on any atom is -0.353 e. The second-order valence-electron chi connectivity index (χ2n) is 6.00. The van der Waals surface area contributed by atoms with Crippen LogP contribution in [0, 0.1) is 13.8 Å². The summed E-state index contributed by atoms with van der Waals surface area (Å²) in [7, 11) is 0. The number of aryl methyl sites for hydroxylation is 2. The van der Waals surface area contributed by atoms with Gasteiger partial charge >= 0.3 is 0 Å². The zero-order chi connectivity index (χ0) is 17.1. The topological polar surface area (TPSA) is 31.4 Å². The van der Waals surface area contributed by atoms with E-state index in [4.69, 9.17) is 23.8 Å². The molecule has 2 heterocycles. The van der Waals surface area contributed by atoms with Gasteiger partial charge in [-0.15, -0.1) is 0 Å². The van der Waals surface area contributed by atoms with Gasteiger partial charge in [0.15, 0.2) is 5.11 Å². The first-order valence-electron chi connectivity index (χ1n) is 8.03. The number of halogens is 1. The van der Waals surface area contributed by atoms with Crippen LogP contribution in [0.25, 0.3) is 0 Å². The first-order chi connectivity index (χ1) is 11.5. The minimum absolute atomic E-state index is 0.739. The lowest BCUT2D eigenvalue weighted by molar-refractivity contribution is 0.389. The number of pyridine rings is 1. The van der Waals surface area contributed by atoms with Crippen LogP contribution in [0.4, 0.5) is 11.5 Å². The van der Waals surface area contributed by atoms with Crippen LogP contribution >= 0.6 is 23.8 Å². The van der Waals surface area contributed by atoms with Gasteiger partial charge in [0.25, 0.3) is 0 Å². The van der Waals surface area contributed by atoms with Crippen LogP contribution in [-0.4, -0.2) is 41.2 Å². The quantitative estimate of drug-likeness (QED) is 0.822. The molecule has 0 radical (unpaired) electrons. The molecule has 1 aliphatic heterocycles. The molecule has 0 saturated carbocycles. The van der Waals surface area contributed by atoms with Crippen molar-refractivity contribution in [2.75, 3.05) is 36.4 Å². The molecule has 3 rings (SSSR count). The van der Waals surface area contributed by atoms with Crippen molar-refractivity contribution in [3.05, 3.63) is 52.7 Å². The number of anilines is 2. The second kappa shape index (κ2) is 7.36. The van der Waals surface area contributed by atoms with E-state index in [1.807, 2.05) is 38.1 Å². The van der Waals surface area contributed by atoms with E-state index in [1.165, 1.54) is 0 Å². The lowest BCUT2D eigenvalue weighted by Crippen LogP contribution is -2.50. The number of aromatic nitrogens is 1. The third kappa shape index (κ3) is 3.97. The Morgan fingerprint density at radius 3 is 2.54 bits per heavy atom. The van der Waals surface area contributed by atoms with Gasteiger partial charge in [0.1, 0.15) is 5.82 Å². The molecule has 126 valence electrons. The Bertz CT molecular complexity index is 742. The largest absolute Gasteiger partial charge is 0.353 e. The van der Waals surface area contributed by atoms with Gasteiger partial charge in [-0.25, -0.2) is 4.98 Å². The van der Waals surface area contributed by atoms with Crippen LogP contribution in [-0.2, 0) is 0 Å². The molecule has 0 spiro atoms. The first-order valence-corrected chi connectivity index (χ1v) is 8.82. The summed E-state index contributed by atoms with van der Waals surface area (Å²) in [5.41, 5.74) is 3.14. The van der Waals surface area contributed by atoms with Gasteiger partial charge in [-0.05, 0) is 62.0 Å². The fourth-order valence-electron chi connectivity index (χ4n) is 2.81. The molecule has 24 heavy (non-hydrogen) atoms. The molecule has 0 bridgehead atoms. The van der Waals surface area contributed by atoms with Gasteiger partial charge in [0.05, 0.1) is 0 Å². The maximum Gasteiger partial charge on any atom is 0.173 e. The summed E-state index contributed by atoms with van der Waals surface area (Å²) in [5, 5.41) is 4.84. The van der Waals surface area contributed by atoms with E-state index < -0.39 is 0 Å². The van der Waals surface area contributed by atoms with Crippen molar-refractivity contribution in [3.8, 4) is 0 Å². The number of nitrogens with one attached hydrogen (secondary N) is 1. The Kier molecular flexibility index (Phi) is 5.21. The molecule has 0 aliphatic carbocycles. The monoisotopic (exact) mass is 360 g/mol. The van der Waals surface area contributed by atoms with Crippen LogP contribution in [0.2, 0.25) is 5.02 Å². The van der Waals surface area contributed by atoms with Crippen LogP contribution in [0.15, 0.2) is 36.4 Å². The fraction of sp³-hybridized carbons (Fsp3) is 0.333. The lowest BCUT2D eigenvalue weighted by atomic mass is 10.2. The van der Waals surface area contributed by atoms with Crippen molar-refractivity contribution in [2.24, 2.45) is 0 Å². The number of thiocarbonyl (C=S) groups is 1. The zero-order valence-corrected chi connectivity index (χ0v) is 15.5. The Balaban J connectivity index is 1.59. The van der Waals surface area contributed by atoms with E-state index in [0.29, 0.717) is 0 Å². The summed E-state index contributed by atoms with van der Waals surface area (Å²) >= 11 is 11.6. The van der Waals surface area contributed by atoms with E-state index in [-0.39, 0.29) is 0 Å². The van der Waals surface area contributed by atoms with Crippen molar-refractivity contribution >= 4 is 40.4 Å². The van der Waals surface area contributed by atoms with Crippen molar-refractivity contribution in [1.29, 1.82) is 0 Å². The Morgan fingerprint density at radius 1 is 1.12 bits per heavy atom. The highest BCUT2D eigenvalue weighted by atomic mass is 35.5. The van der Waals surface area contributed by atoms with Gasteiger partial charge in [-0.3, -0.25) is 0 Å². The molecule has 1 aromatic carbocycles. The number of rotatable bonds is 2. The predicted octanol–water partition coefficient (Wildman–Crippen LogP) is 3.87. The summed E-state index contributed by atoms with van der Waals surface area (Å²) in [5.74, 6) is 1.04. The molecule has 1 saturated heterocycles. The molecular weight excluding hydrogens is 340 g/mol. The van der Waals surface area contributed by atoms with Crippen LogP contribution in [0.3, 0.4) is 0 Å². The third-order valence-electron chi connectivity index (χ3n) is 4.19. The van der Waals surface area contributed by atoms with Gasteiger partial charge in [-0.1, -0.05) is 17.7 Å². The van der Waals surface area contributed by atoms with Crippen molar-refractivity contribution < 1.29 is 0 Å². The molecule has 1 aromatic heterocycles. The molecule has 0 amide bonds. The molecular formula is C18H21ClN4S. The SMILES string of the molecule is Cc1cccc(N2CCN(C(=S)Nc3ccc(Cl)cc3C)CC2)n1. The minimum atomic E-state index is 0.739. The Morgan fingerprint density at radius 2 is 1.88 bits per heavy atom. The normalized spacial score (nSPS) is 14.6. The van der Waals surface area contributed by atoms with Crippen LogP contribution < -0.4 is 10.2 Å². The maximum atomic E-state index is 6.01. The van der Waals surface area contributed by atoms with Crippen molar-refractivity contribution in [1.82, 2.24) is 9.88 Å². The van der Waals surface area contributed by atoms with E-state index in [0.717, 1.165) is 59.1 Å².